The van der Waals surface area contributed by atoms with Gasteiger partial charge in [0.1, 0.15) is 0 Å². The van der Waals surface area contributed by atoms with Crippen LogP contribution in [0.15, 0.2) is 36.5 Å². The predicted molar refractivity (Wildman–Crippen MR) is 72.1 cm³/mol. The summed E-state index contributed by atoms with van der Waals surface area (Å²) >= 11 is 0. The van der Waals surface area contributed by atoms with E-state index < -0.39 is 5.60 Å². The third-order valence-electron chi connectivity index (χ3n) is 4.00. The molecule has 1 aliphatic carbocycles. The molecule has 0 saturated heterocycles. The zero-order chi connectivity index (χ0) is 12.6. The Kier molecular flexibility index (Phi) is 2.80. The number of nitrogens with two attached hydrogens (primary N) is 1. The summed E-state index contributed by atoms with van der Waals surface area (Å²) in [5.41, 5.74) is 7.13. The number of pyridine rings is 1. The summed E-state index contributed by atoms with van der Waals surface area (Å²) in [6, 6.07) is 10.2. The van der Waals surface area contributed by atoms with E-state index in [4.69, 9.17) is 5.73 Å². The molecule has 1 heterocycles. The average Bonchev–Trinajstić information content (AvgIpc) is 2.42. The normalized spacial score (nSPS) is 28.4. The Morgan fingerprint density at radius 3 is 2.72 bits per heavy atom. The van der Waals surface area contributed by atoms with E-state index in [-0.39, 0.29) is 6.04 Å². The Labute approximate surface area is 107 Å². The molecule has 3 nitrogen and oxygen atoms in total. The van der Waals surface area contributed by atoms with Crippen molar-refractivity contribution in [3.05, 3.63) is 42.1 Å². The van der Waals surface area contributed by atoms with E-state index in [2.05, 4.69) is 4.98 Å². The van der Waals surface area contributed by atoms with Crippen LogP contribution >= 0.6 is 0 Å². The van der Waals surface area contributed by atoms with E-state index in [1.807, 2.05) is 30.3 Å². The molecule has 3 N–H and O–H groups in total. The van der Waals surface area contributed by atoms with Crippen LogP contribution in [-0.4, -0.2) is 16.1 Å². The number of nitrogens with zero attached hydrogens (tertiary/aromatic N) is 1. The molecule has 0 radical (unpaired) electrons. The van der Waals surface area contributed by atoms with Gasteiger partial charge < -0.3 is 10.8 Å². The first-order chi connectivity index (χ1) is 8.69. The van der Waals surface area contributed by atoms with Crippen LogP contribution in [0.1, 0.15) is 31.2 Å². The zero-order valence-corrected chi connectivity index (χ0v) is 10.3. The SMILES string of the molecule is NC1CCC(O)(c2cccc3ncccc23)CC1. The maximum absolute atomic E-state index is 10.9. The van der Waals surface area contributed by atoms with Crippen LogP contribution in [0.5, 0.6) is 0 Å². The van der Waals surface area contributed by atoms with Crippen LogP contribution < -0.4 is 5.73 Å². The summed E-state index contributed by atoms with van der Waals surface area (Å²) < 4.78 is 0. The van der Waals surface area contributed by atoms with Gasteiger partial charge in [-0.3, -0.25) is 4.98 Å². The largest absolute Gasteiger partial charge is 0.385 e. The highest BCUT2D eigenvalue weighted by Gasteiger charge is 2.34. The second-order valence-electron chi connectivity index (χ2n) is 5.24. The lowest BCUT2D eigenvalue weighted by molar-refractivity contribution is -0.00361. The van der Waals surface area contributed by atoms with E-state index in [1.54, 1.807) is 6.20 Å². The monoisotopic (exact) mass is 242 g/mol. The molecule has 3 rings (SSSR count). The van der Waals surface area contributed by atoms with Gasteiger partial charge in [0.25, 0.3) is 0 Å². The molecule has 1 aliphatic rings. The van der Waals surface area contributed by atoms with Crippen molar-refractivity contribution in [3.63, 3.8) is 0 Å². The number of rotatable bonds is 1. The molecule has 2 aromatic rings. The van der Waals surface area contributed by atoms with Crippen molar-refractivity contribution in [2.24, 2.45) is 5.73 Å². The third kappa shape index (κ3) is 1.89. The third-order valence-corrected chi connectivity index (χ3v) is 4.00. The Morgan fingerprint density at radius 2 is 1.94 bits per heavy atom. The number of aromatic nitrogens is 1. The smallest absolute Gasteiger partial charge is 0.0904 e. The molecule has 1 aromatic heterocycles. The van der Waals surface area contributed by atoms with Crippen molar-refractivity contribution in [1.29, 1.82) is 0 Å². The number of hydrogen-bond acceptors (Lipinski definition) is 3. The van der Waals surface area contributed by atoms with Crippen molar-refractivity contribution < 1.29 is 5.11 Å². The molecular formula is C15H18N2O. The van der Waals surface area contributed by atoms with Gasteiger partial charge in [-0.1, -0.05) is 18.2 Å². The first kappa shape index (κ1) is 11.6. The second-order valence-corrected chi connectivity index (χ2v) is 5.24. The highest BCUT2D eigenvalue weighted by molar-refractivity contribution is 5.82. The van der Waals surface area contributed by atoms with Crippen molar-refractivity contribution >= 4 is 10.9 Å². The lowest BCUT2D eigenvalue weighted by atomic mass is 9.77. The van der Waals surface area contributed by atoms with Gasteiger partial charge in [0.05, 0.1) is 11.1 Å². The van der Waals surface area contributed by atoms with Crippen molar-refractivity contribution in [2.75, 3.05) is 0 Å². The van der Waals surface area contributed by atoms with Crippen LogP contribution in [0.4, 0.5) is 0 Å². The molecule has 0 unspecified atom stereocenters. The fourth-order valence-corrected chi connectivity index (χ4v) is 2.90. The van der Waals surface area contributed by atoms with E-state index >= 15 is 0 Å². The number of fused-ring (bicyclic) bond motifs is 1. The van der Waals surface area contributed by atoms with Gasteiger partial charge in [-0.25, -0.2) is 0 Å². The summed E-state index contributed by atoms with van der Waals surface area (Å²) in [6.07, 6.45) is 5.03. The van der Waals surface area contributed by atoms with Crippen molar-refractivity contribution in [3.8, 4) is 0 Å². The maximum Gasteiger partial charge on any atom is 0.0904 e. The second kappa shape index (κ2) is 4.34. The molecule has 94 valence electrons. The highest BCUT2D eigenvalue weighted by Crippen LogP contribution is 2.39. The van der Waals surface area contributed by atoms with E-state index in [9.17, 15) is 5.11 Å². The number of hydrogen-bond donors (Lipinski definition) is 2. The van der Waals surface area contributed by atoms with Gasteiger partial charge in [-0.15, -0.1) is 0 Å². The first-order valence-electron chi connectivity index (χ1n) is 6.51. The molecule has 0 bridgehead atoms. The van der Waals surface area contributed by atoms with Gasteiger partial charge in [0, 0.05) is 17.6 Å². The number of aliphatic hydroxyl groups is 1. The molecule has 3 heteroatoms. The minimum Gasteiger partial charge on any atom is -0.385 e. The number of benzene rings is 1. The Morgan fingerprint density at radius 1 is 1.17 bits per heavy atom. The van der Waals surface area contributed by atoms with Crippen LogP contribution in [-0.2, 0) is 5.60 Å². The molecule has 1 fully saturated rings. The predicted octanol–water partition coefficient (Wildman–Crippen LogP) is 2.32. The molecule has 18 heavy (non-hydrogen) atoms. The van der Waals surface area contributed by atoms with Gasteiger partial charge in [-0.05, 0) is 43.4 Å². The minimum absolute atomic E-state index is 0.235. The van der Waals surface area contributed by atoms with Crippen molar-refractivity contribution in [1.82, 2.24) is 4.98 Å². The minimum atomic E-state index is -0.738. The summed E-state index contributed by atoms with van der Waals surface area (Å²) in [6.45, 7) is 0. The van der Waals surface area contributed by atoms with Crippen LogP contribution in [0.2, 0.25) is 0 Å². The molecule has 0 aliphatic heterocycles. The van der Waals surface area contributed by atoms with Gasteiger partial charge in [0.15, 0.2) is 0 Å². The van der Waals surface area contributed by atoms with Crippen LogP contribution in [0, 0.1) is 0 Å². The van der Waals surface area contributed by atoms with E-state index in [1.165, 1.54) is 0 Å². The Hall–Kier alpha value is -1.45. The molecular weight excluding hydrogens is 224 g/mol. The lowest BCUT2D eigenvalue weighted by Gasteiger charge is -2.35. The fourth-order valence-electron chi connectivity index (χ4n) is 2.90. The topological polar surface area (TPSA) is 59.1 Å². The summed E-state index contributed by atoms with van der Waals surface area (Å²) in [4.78, 5) is 4.35. The zero-order valence-electron chi connectivity index (χ0n) is 10.3. The van der Waals surface area contributed by atoms with Crippen LogP contribution in [0.25, 0.3) is 10.9 Å². The molecule has 0 amide bonds. The van der Waals surface area contributed by atoms with Gasteiger partial charge >= 0.3 is 0 Å². The summed E-state index contributed by atoms with van der Waals surface area (Å²) in [7, 11) is 0. The van der Waals surface area contributed by atoms with Crippen molar-refractivity contribution in [2.45, 2.75) is 37.3 Å². The van der Waals surface area contributed by atoms with E-state index in [0.717, 1.165) is 42.1 Å². The van der Waals surface area contributed by atoms with Crippen LogP contribution in [0.3, 0.4) is 0 Å². The quantitative estimate of drug-likeness (QED) is 0.806. The molecule has 0 atom stereocenters. The standard InChI is InChI=1S/C15H18N2O/c16-11-6-8-15(18,9-7-11)13-4-1-5-14-12(13)3-2-10-17-14/h1-5,10-11,18H,6-9,16H2. The summed E-state index contributed by atoms with van der Waals surface area (Å²) in [5, 5.41) is 11.9. The van der Waals surface area contributed by atoms with Gasteiger partial charge in [0.2, 0.25) is 0 Å². The fraction of sp³-hybridized carbons (Fsp3) is 0.400. The Bertz CT molecular complexity index is 554. The average molecular weight is 242 g/mol. The van der Waals surface area contributed by atoms with E-state index in [0.29, 0.717) is 0 Å². The highest BCUT2D eigenvalue weighted by atomic mass is 16.3. The molecule has 1 saturated carbocycles. The maximum atomic E-state index is 10.9. The molecule has 0 spiro atoms. The Balaban J connectivity index is 2.08. The first-order valence-corrected chi connectivity index (χ1v) is 6.51. The summed E-state index contributed by atoms with van der Waals surface area (Å²) in [5.74, 6) is 0. The van der Waals surface area contributed by atoms with Gasteiger partial charge in [-0.2, -0.15) is 0 Å². The lowest BCUT2D eigenvalue weighted by Crippen LogP contribution is -2.36. The molecule has 1 aromatic carbocycles.